The Morgan fingerprint density at radius 1 is 1.40 bits per heavy atom. The molecule has 2 nitrogen and oxygen atoms in total. The highest BCUT2D eigenvalue weighted by molar-refractivity contribution is 5.40. The Morgan fingerprint density at radius 3 is 2.75 bits per heavy atom. The van der Waals surface area contributed by atoms with Crippen LogP contribution >= 0.6 is 0 Å². The van der Waals surface area contributed by atoms with Gasteiger partial charge in [-0.2, -0.15) is 0 Å². The first-order valence-corrected chi connectivity index (χ1v) is 7.78. The summed E-state index contributed by atoms with van der Waals surface area (Å²) < 4.78 is 19.7. The molecule has 112 valence electrons. The maximum Gasteiger partial charge on any atom is 0.126 e. The topological polar surface area (TPSA) is 21.3 Å². The summed E-state index contributed by atoms with van der Waals surface area (Å²) in [5.41, 5.74) is 1.57. The van der Waals surface area contributed by atoms with Crippen LogP contribution in [0.3, 0.4) is 0 Å². The fraction of sp³-hybridized carbons (Fsp3) is 0.647. The van der Waals surface area contributed by atoms with Gasteiger partial charge in [0.25, 0.3) is 0 Å². The van der Waals surface area contributed by atoms with Crippen molar-refractivity contribution in [1.82, 2.24) is 5.32 Å². The molecule has 1 aromatic rings. The van der Waals surface area contributed by atoms with Gasteiger partial charge in [0.2, 0.25) is 0 Å². The lowest BCUT2D eigenvalue weighted by Gasteiger charge is -2.25. The normalized spacial score (nSPS) is 16.8. The fourth-order valence-electron chi connectivity index (χ4n) is 2.67. The van der Waals surface area contributed by atoms with Crippen molar-refractivity contribution in [2.24, 2.45) is 5.92 Å². The summed E-state index contributed by atoms with van der Waals surface area (Å²) >= 11 is 0. The van der Waals surface area contributed by atoms with Crippen LogP contribution in [0.15, 0.2) is 12.1 Å². The second-order valence-corrected chi connectivity index (χ2v) is 5.85. The molecule has 0 saturated heterocycles. The maximum absolute atomic E-state index is 13.8. The molecule has 1 unspecified atom stereocenters. The minimum Gasteiger partial charge on any atom is -0.493 e. The molecule has 0 radical (unpaired) electrons. The number of nitrogens with one attached hydrogen (secondary N) is 1. The van der Waals surface area contributed by atoms with Gasteiger partial charge in [0.05, 0.1) is 6.61 Å². The van der Waals surface area contributed by atoms with Gasteiger partial charge >= 0.3 is 0 Å². The summed E-state index contributed by atoms with van der Waals surface area (Å²) in [6, 6.07) is 3.55. The standard InChI is InChI=1S/C17H26FNO/c1-4-19-13(3)15-11-16(18)12(2)10-17(15)20-9-8-14-6-5-7-14/h10-11,13-14,19H,4-9H2,1-3H3. The molecule has 1 fully saturated rings. The van der Waals surface area contributed by atoms with Gasteiger partial charge in [-0.3, -0.25) is 0 Å². The summed E-state index contributed by atoms with van der Waals surface area (Å²) in [6.07, 6.45) is 5.16. The Hall–Kier alpha value is -1.09. The third-order valence-corrected chi connectivity index (χ3v) is 4.28. The first-order valence-electron chi connectivity index (χ1n) is 7.78. The lowest BCUT2D eigenvalue weighted by atomic mass is 9.83. The SMILES string of the molecule is CCNC(C)c1cc(F)c(C)cc1OCCC1CCC1. The summed E-state index contributed by atoms with van der Waals surface area (Å²) in [6.45, 7) is 7.49. The van der Waals surface area contributed by atoms with Crippen molar-refractivity contribution >= 4 is 0 Å². The van der Waals surface area contributed by atoms with E-state index in [2.05, 4.69) is 12.2 Å². The molecule has 1 aliphatic carbocycles. The van der Waals surface area contributed by atoms with Crippen LogP contribution in [0, 0.1) is 18.7 Å². The quantitative estimate of drug-likeness (QED) is 0.800. The largest absolute Gasteiger partial charge is 0.493 e. The van der Waals surface area contributed by atoms with Crippen molar-refractivity contribution in [3.63, 3.8) is 0 Å². The van der Waals surface area contributed by atoms with Crippen LogP contribution in [0.2, 0.25) is 0 Å². The molecule has 0 bridgehead atoms. The molecule has 2 rings (SSSR count). The summed E-state index contributed by atoms with van der Waals surface area (Å²) in [7, 11) is 0. The predicted molar refractivity (Wildman–Crippen MR) is 80.7 cm³/mol. The van der Waals surface area contributed by atoms with Gasteiger partial charge < -0.3 is 10.1 Å². The number of rotatable bonds is 7. The van der Waals surface area contributed by atoms with Crippen LogP contribution < -0.4 is 10.1 Å². The molecule has 1 N–H and O–H groups in total. The molecule has 1 aliphatic rings. The Labute approximate surface area is 121 Å². The third-order valence-electron chi connectivity index (χ3n) is 4.28. The highest BCUT2D eigenvalue weighted by Gasteiger charge is 2.18. The van der Waals surface area contributed by atoms with Crippen LogP contribution in [0.1, 0.15) is 56.7 Å². The van der Waals surface area contributed by atoms with Gasteiger partial charge in [0.15, 0.2) is 0 Å². The number of ether oxygens (including phenoxy) is 1. The number of hydrogen-bond donors (Lipinski definition) is 1. The Morgan fingerprint density at radius 2 is 2.15 bits per heavy atom. The van der Waals surface area contributed by atoms with Gasteiger partial charge in [0.1, 0.15) is 11.6 Å². The number of hydrogen-bond acceptors (Lipinski definition) is 2. The molecule has 1 saturated carbocycles. The number of halogens is 1. The van der Waals surface area contributed by atoms with Crippen molar-refractivity contribution in [2.75, 3.05) is 13.2 Å². The first-order chi connectivity index (χ1) is 9.61. The average molecular weight is 279 g/mol. The van der Waals surface area contributed by atoms with Gasteiger partial charge in [0, 0.05) is 11.6 Å². The molecule has 0 amide bonds. The summed E-state index contributed by atoms with van der Waals surface area (Å²) in [4.78, 5) is 0. The second-order valence-electron chi connectivity index (χ2n) is 5.85. The predicted octanol–water partition coefficient (Wildman–Crippen LogP) is 4.37. The monoisotopic (exact) mass is 279 g/mol. The highest BCUT2D eigenvalue weighted by atomic mass is 19.1. The maximum atomic E-state index is 13.8. The molecule has 1 atom stereocenters. The Balaban J connectivity index is 2.05. The Bertz CT molecular complexity index is 443. The molecule has 1 aromatic carbocycles. The van der Waals surface area contributed by atoms with E-state index in [4.69, 9.17) is 4.74 Å². The van der Waals surface area contributed by atoms with Gasteiger partial charge in [-0.05, 0) is 50.4 Å². The lowest BCUT2D eigenvalue weighted by Crippen LogP contribution is -2.20. The van der Waals surface area contributed by atoms with E-state index in [9.17, 15) is 4.39 Å². The lowest BCUT2D eigenvalue weighted by molar-refractivity contribution is 0.220. The number of aryl methyl sites for hydroxylation is 1. The van der Waals surface area contributed by atoms with Crippen LogP contribution in [0.25, 0.3) is 0 Å². The molecule has 0 heterocycles. The van der Waals surface area contributed by atoms with Crippen LogP contribution in [-0.4, -0.2) is 13.2 Å². The van der Waals surface area contributed by atoms with Crippen LogP contribution in [0.5, 0.6) is 5.75 Å². The Kier molecular flexibility index (Phi) is 5.41. The summed E-state index contributed by atoms with van der Waals surface area (Å²) in [5, 5.41) is 3.32. The van der Waals surface area contributed by atoms with Crippen LogP contribution in [0.4, 0.5) is 4.39 Å². The molecule has 3 heteroatoms. The van der Waals surface area contributed by atoms with E-state index in [1.807, 2.05) is 13.0 Å². The smallest absolute Gasteiger partial charge is 0.126 e. The molecule has 0 aliphatic heterocycles. The van der Waals surface area contributed by atoms with Gasteiger partial charge in [-0.25, -0.2) is 4.39 Å². The zero-order valence-corrected chi connectivity index (χ0v) is 12.8. The summed E-state index contributed by atoms with van der Waals surface area (Å²) in [5.74, 6) is 1.51. The van der Waals surface area contributed by atoms with Crippen molar-refractivity contribution in [3.8, 4) is 5.75 Å². The molecule has 0 spiro atoms. The third kappa shape index (κ3) is 3.72. The minimum absolute atomic E-state index is 0.105. The zero-order chi connectivity index (χ0) is 14.5. The van der Waals surface area contributed by atoms with E-state index in [-0.39, 0.29) is 11.9 Å². The second kappa shape index (κ2) is 7.07. The van der Waals surface area contributed by atoms with Crippen LogP contribution in [-0.2, 0) is 0 Å². The van der Waals surface area contributed by atoms with Crippen molar-refractivity contribution in [3.05, 3.63) is 29.1 Å². The molecule has 20 heavy (non-hydrogen) atoms. The first kappa shape index (κ1) is 15.3. The van der Waals surface area contributed by atoms with E-state index in [0.717, 1.165) is 36.8 Å². The van der Waals surface area contributed by atoms with E-state index >= 15 is 0 Å². The highest BCUT2D eigenvalue weighted by Crippen LogP contribution is 2.31. The van der Waals surface area contributed by atoms with E-state index in [0.29, 0.717) is 5.56 Å². The fourth-order valence-corrected chi connectivity index (χ4v) is 2.67. The molecular weight excluding hydrogens is 253 g/mol. The van der Waals surface area contributed by atoms with E-state index in [1.54, 1.807) is 13.0 Å². The molecular formula is C17H26FNO. The van der Waals surface area contributed by atoms with Crippen molar-refractivity contribution in [1.29, 1.82) is 0 Å². The zero-order valence-electron chi connectivity index (χ0n) is 12.8. The van der Waals surface area contributed by atoms with Crippen molar-refractivity contribution < 1.29 is 9.13 Å². The van der Waals surface area contributed by atoms with Crippen molar-refractivity contribution in [2.45, 2.75) is 52.5 Å². The minimum atomic E-state index is -0.156. The average Bonchev–Trinajstić information content (AvgIpc) is 2.36. The van der Waals surface area contributed by atoms with E-state index in [1.165, 1.54) is 19.3 Å². The van der Waals surface area contributed by atoms with Gasteiger partial charge in [-0.1, -0.05) is 26.2 Å². The van der Waals surface area contributed by atoms with E-state index < -0.39 is 0 Å². The van der Waals surface area contributed by atoms with Gasteiger partial charge in [-0.15, -0.1) is 0 Å². The number of benzene rings is 1. The molecule has 0 aromatic heterocycles.